The van der Waals surface area contributed by atoms with Crippen molar-refractivity contribution in [1.82, 2.24) is 14.9 Å². The summed E-state index contributed by atoms with van der Waals surface area (Å²) in [5.41, 5.74) is 3.76. The van der Waals surface area contributed by atoms with Crippen LogP contribution in [0.2, 0.25) is 0 Å². The molecule has 1 aliphatic heterocycles. The van der Waals surface area contributed by atoms with Crippen molar-refractivity contribution >= 4 is 11.0 Å². The van der Waals surface area contributed by atoms with Crippen molar-refractivity contribution in [2.75, 3.05) is 13.1 Å². The summed E-state index contributed by atoms with van der Waals surface area (Å²) in [6.45, 7) is 2.24. The van der Waals surface area contributed by atoms with Gasteiger partial charge in [0.25, 0.3) is 0 Å². The molecule has 15 heavy (non-hydrogen) atoms. The van der Waals surface area contributed by atoms with E-state index in [0.29, 0.717) is 5.92 Å². The van der Waals surface area contributed by atoms with E-state index in [-0.39, 0.29) is 0 Å². The van der Waals surface area contributed by atoms with Gasteiger partial charge in [0.2, 0.25) is 0 Å². The predicted octanol–water partition coefficient (Wildman–Crippen LogP) is 1.65. The van der Waals surface area contributed by atoms with Gasteiger partial charge in [0, 0.05) is 31.4 Å². The summed E-state index contributed by atoms with van der Waals surface area (Å²) >= 11 is 0. The predicted molar refractivity (Wildman–Crippen MR) is 60.9 cm³/mol. The molecule has 0 spiro atoms. The Balaban J connectivity index is 2.14. The fraction of sp³-hybridized carbons (Fsp3) is 0.417. The van der Waals surface area contributed by atoms with Crippen LogP contribution in [0.25, 0.3) is 11.0 Å². The Morgan fingerprint density at radius 2 is 2.47 bits per heavy atom. The molecule has 3 nitrogen and oxygen atoms in total. The maximum Gasteiger partial charge on any atom is 0.0883 e. The van der Waals surface area contributed by atoms with Crippen molar-refractivity contribution in [3.63, 3.8) is 0 Å². The van der Waals surface area contributed by atoms with E-state index in [9.17, 15) is 0 Å². The van der Waals surface area contributed by atoms with Crippen molar-refractivity contribution in [3.8, 4) is 0 Å². The summed E-state index contributed by atoms with van der Waals surface area (Å²) < 4.78 is 2.28. The zero-order valence-corrected chi connectivity index (χ0v) is 8.90. The van der Waals surface area contributed by atoms with Crippen molar-refractivity contribution in [1.29, 1.82) is 0 Å². The van der Waals surface area contributed by atoms with Crippen molar-refractivity contribution in [2.45, 2.75) is 12.3 Å². The van der Waals surface area contributed by atoms with E-state index >= 15 is 0 Å². The monoisotopic (exact) mass is 201 g/mol. The standard InChI is InChI=1S/C12H15N3/c1-15-11-3-2-5-14-10(11)7-12(15)9-4-6-13-8-9/h2-3,5,7,9,13H,4,6,8H2,1H3. The second kappa shape index (κ2) is 3.35. The summed E-state index contributed by atoms with van der Waals surface area (Å²) in [7, 11) is 2.14. The molecule has 1 unspecified atom stereocenters. The van der Waals surface area contributed by atoms with E-state index < -0.39 is 0 Å². The fourth-order valence-electron chi connectivity index (χ4n) is 2.48. The minimum atomic E-state index is 0.657. The first-order valence-corrected chi connectivity index (χ1v) is 5.47. The lowest BCUT2D eigenvalue weighted by Gasteiger charge is -2.09. The molecule has 78 valence electrons. The van der Waals surface area contributed by atoms with Gasteiger partial charge in [-0.05, 0) is 31.2 Å². The van der Waals surface area contributed by atoms with Gasteiger partial charge in [0.05, 0.1) is 11.0 Å². The van der Waals surface area contributed by atoms with Gasteiger partial charge in [-0.2, -0.15) is 0 Å². The molecular formula is C12H15N3. The van der Waals surface area contributed by atoms with Gasteiger partial charge in [-0.15, -0.1) is 0 Å². The minimum Gasteiger partial charge on any atom is -0.346 e. The van der Waals surface area contributed by atoms with Gasteiger partial charge in [-0.3, -0.25) is 4.98 Å². The molecule has 3 rings (SSSR count). The third-order valence-corrected chi connectivity index (χ3v) is 3.33. The molecule has 0 bridgehead atoms. The van der Waals surface area contributed by atoms with Crippen molar-refractivity contribution in [2.24, 2.45) is 7.05 Å². The Morgan fingerprint density at radius 1 is 1.53 bits per heavy atom. The van der Waals surface area contributed by atoms with Gasteiger partial charge < -0.3 is 9.88 Å². The number of hydrogen-bond donors (Lipinski definition) is 1. The average Bonchev–Trinajstić information content (AvgIpc) is 2.87. The second-order valence-corrected chi connectivity index (χ2v) is 4.23. The van der Waals surface area contributed by atoms with Crippen LogP contribution in [0.15, 0.2) is 24.4 Å². The first-order chi connectivity index (χ1) is 7.36. The highest BCUT2D eigenvalue weighted by Gasteiger charge is 2.20. The summed E-state index contributed by atoms with van der Waals surface area (Å²) in [5, 5.41) is 3.41. The van der Waals surface area contributed by atoms with Crippen LogP contribution in [0.4, 0.5) is 0 Å². The summed E-state index contributed by atoms with van der Waals surface area (Å²) in [6, 6.07) is 6.36. The Kier molecular flexibility index (Phi) is 1.99. The Morgan fingerprint density at radius 3 is 3.20 bits per heavy atom. The van der Waals surface area contributed by atoms with E-state index in [0.717, 1.165) is 18.6 Å². The molecule has 0 radical (unpaired) electrons. The molecular weight excluding hydrogens is 186 g/mol. The lowest BCUT2D eigenvalue weighted by atomic mass is 10.1. The molecule has 0 aromatic carbocycles. The van der Waals surface area contributed by atoms with Crippen molar-refractivity contribution in [3.05, 3.63) is 30.1 Å². The van der Waals surface area contributed by atoms with Gasteiger partial charge in [0.15, 0.2) is 0 Å². The number of hydrogen-bond acceptors (Lipinski definition) is 2. The highest BCUT2D eigenvalue weighted by molar-refractivity contribution is 5.76. The number of pyridine rings is 1. The number of nitrogens with one attached hydrogen (secondary N) is 1. The van der Waals surface area contributed by atoms with Gasteiger partial charge in [-0.25, -0.2) is 0 Å². The van der Waals surface area contributed by atoms with Crippen LogP contribution in [0.3, 0.4) is 0 Å². The van der Waals surface area contributed by atoms with Crippen LogP contribution < -0.4 is 5.32 Å². The summed E-state index contributed by atoms with van der Waals surface area (Å²) in [5.74, 6) is 0.657. The Hall–Kier alpha value is -1.35. The van der Waals surface area contributed by atoms with E-state index in [1.807, 2.05) is 12.3 Å². The second-order valence-electron chi connectivity index (χ2n) is 4.23. The Labute approximate surface area is 89.1 Å². The number of aryl methyl sites for hydroxylation is 1. The van der Waals surface area contributed by atoms with Crippen LogP contribution in [-0.2, 0) is 7.05 Å². The molecule has 0 amide bonds. The van der Waals surface area contributed by atoms with Gasteiger partial charge in [0.1, 0.15) is 0 Å². The first kappa shape index (κ1) is 8.92. The number of fused-ring (bicyclic) bond motifs is 1. The molecule has 2 aromatic rings. The van der Waals surface area contributed by atoms with Crippen LogP contribution in [-0.4, -0.2) is 22.6 Å². The molecule has 3 heteroatoms. The third-order valence-electron chi connectivity index (χ3n) is 3.33. The van der Waals surface area contributed by atoms with Crippen molar-refractivity contribution < 1.29 is 0 Å². The van der Waals surface area contributed by atoms with Gasteiger partial charge >= 0.3 is 0 Å². The zero-order chi connectivity index (χ0) is 10.3. The average molecular weight is 201 g/mol. The fourth-order valence-corrected chi connectivity index (χ4v) is 2.48. The highest BCUT2D eigenvalue weighted by atomic mass is 15.0. The number of aromatic nitrogens is 2. The molecule has 1 N–H and O–H groups in total. The van der Waals surface area contributed by atoms with E-state index in [1.165, 1.54) is 17.6 Å². The molecule has 1 aliphatic rings. The maximum absolute atomic E-state index is 4.39. The van der Waals surface area contributed by atoms with Crippen LogP contribution >= 0.6 is 0 Å². The largest absolute Gasteiger partial charge is 0.346 e. The molecule has 2 aromatic heterocycles. The van der Waals surface area contributed by atoms with E-state index in [4.69, 9.17) is 0 Å². The third kappa shape index (κ3) is 1.35. The molecule has 1 atom stereocenters. The molecule has 0 aliphatic carbocycles. The normalized spacial score (nSPS) is 21.3. The molecule has 1 saturated heterocycles. The highest BCUT2D eigenvalue weighted by Crippen LogP contribution is 2.26. The lowest BCUT2D eigenvalue weighted by molar-refractivity contribution is 0.694. The maximum atomic E-state index is 4.39. The van der Waals surface area contributed by atoms with Crippen LogP contribution in [0.5, 0.6) is 0 Å². The number of nitrogens with zero attached hydrogens (tertiary/aromatic N) is 2. The van der Waals surface area contributed by atoms with Gasteiger partial charge in [-0.1, -0.05) is 0 Å². The molecule has 3 heterocycles. The molecule has 0 saturated carbocycles. The van der Waals surface area contributed by atoms with Crippen LogP contribution in [0, 0.1) is 0 Å². The SMILES string of the molecule is Cn1c(C2CCNC2)cc2ncccc21. The lowest BCUT2D eigenvalue weighted by Crippen LogP contribution is -2.10. The summed E-state index contributed by atoms with van der Waals surface area (Å²) in [4.78, 5) is 4.39. The topological polar surface area (TPSA) is 29.9 Å². The molecule has 1 fully saturated rings. The zero-order valence-electron chi connectivity index (χ0n) is 8.90. The first-order valence-electron chi connectivity index (χ1n) is 5.47. The number of rotatable bonds is 1. The smallest absolute Gasteiger partial charge is 0.0883 e. The minimum absolute atomic E-state index is 0.657. The van der Waals surface area contributed by atoms with Crippen LogP contribution in [0.1, 0.15) is 18.0 Å². The Bertz CT molecular complexity index is 481. The van der Waals surface area contributed by atoms with E-state index in [1.54, 1.807) is 0 Å². The quantitative estimate of drug-likeness (QED) is 0.760. The van der Waals surface area contributed by atoms with E-state index in [2.05, 4.69) is 34.0 Å². The summed E-state index contributed by atoms with van der Waals surface area (Å²) in [6.07, 6.45) is 3.10.